The fraction of sp³-hybridized carbons (Fsp3) is 0.417. The van der Waals surface area contributed by atoms with Crippen molar-refractivity contribution in [3.8, 4) is 0 Å². The van der Waals surface area contributed by atoms with Gasteiger partial charge in [-0.2, -0.15) is 0 Å². The van der Waals surface area contributed by atoms with Gasteiger partial charge in [-0.25, -0.2) is 19.9 Å². The lowest BCUT2D eigenvalue weighted by Crippen LogP contribution is -2.27. The highest BCUT2D eigenvalue weighted by Gasteiger charge is 2.13. The topological polar surface area (TPSA) is 75.0 Å². The van der Waals surface area contributed by atoms with Crippen LogP contribution in [0, 0.1) is 0 Å². The molecule has 158 valence electrons. The minimum atomic E-state index is -0.0303. The molecule has 3 aromatic rings. The van der Waals surface area contributed by atoms with Crippen LogP contribution < -0.4 is 4.90 Å². The third-order valence-electron chi connectivity index (χ3n) is 5.17. The summed E-state index contributed by atoms with van der Waals surface area (Å²) in [6, 6.07) is 7.71. The second-order valence-electron chi connectivity index (χ2n) is 7.50. The van der Waals surface area contributed by atoms with Crippen LogP contribution in [0.15, 0.2) is 43.2 Å². The van der Waals surface area contributed by atoms with Gasteiger partial charge in [0.05, 0.1) is 16.7 Å². The zero-order chi connectivity index (χ0) is 21.3. The van der Waals surface area contributed by atoms with E-state index < -0.39 is 0 Å². The highest BCUT2D eigenvalue weighted by Crippen LogP contribution is 2.19. The van der Waals surface area contributed by atoms with Gasteiger partial charge < -0.3 is 10.0 Å². The maximum Gasteiger partial charge on any atom is 0.225 e. The Hall–Kier alpha value is -3.02. The minimum Gasteiger partial charge on any atom is -0.506 e. The van der Waals surface area contributed by atoms with Crippen molar-refractivity contribution >= 4 is 22.7 Å². The predicted molar refractivity (Wildman–Crippen MR) is 123 cm³/mol. The number of nitrogens with zero attached hydrogens (tertiary/aromatic N) is 5. The Labute approximate surface area is 178 Å². The van der Waals surface area contributed by atoms with Crippen molar-refractivity contribution in [3.05, 3.63) is 60.2 Å². The van der Waals surface area contributed by atoms with E-state index in [1.54, 1.807) is 0 Å². The van der Waals surface area contributed by atoms with Crippen molar-refractivity contribution < 1.29 is 5.11 Å². The highest BCUT2D eigenvalue weighted by atomic mass is 16.3. The van der Waals surface area contributed by atoms with E-state index >= 15 is 0 Å². The van der Waals surface area contributed by atoms with Gasteiger partial charge in [0.1, 0.15) is 11.5 Å². The molecule has 0 unspecified atom stereocenters. The van der Waals surface area contributed by atoms with Crippen molar-refractivity contribution in [1.82, 2.24) is 19.9 Å². The number of aliphatic hydroxyl groups excluding tert-OH is 1. The summed E-state index contributed by atoms with van der Waals surface area (Å²) < 4.78 is 0. The lowest BCUT2D eigenvalue weighted by molar-refractivity contribution is 0.508. The number of aliphatic hydroxyl groups is 1. The molecule has 0 aliphatic heterocycles. The molecule has 0 bridgehead atoms. The van der Waals surface area contributed by atoms with Crippen LogP contribution in [0.4, 0.5) is 5.95 Å². The van der Waals surface area contributed by atoms with Gasteiger partial charge in [-0.1, -0.05) is 39.0 Å². The van der Waals surface area contributed by atoms with E-state index in [4.69, 9.17) is 4.98 Å². The molecule has 1 N–H and O–H groups in total. The Morgan fingerprint density at radius 1 is 0.967 bits per heavy atom. The molecular weight excluding hydrogens is 374 g/mol. The van der Waals surface area contributed by atoms with Gasteiger partial charge in [0, 0.05) is 25.5 Å². The van der Waals surface area contributed by atoms with E-state index in [0.717, 1.165) is 79.9 Å². The minimum absolute atomic E-state index is 0.0303. The quantitative estimate of drug-likeness (QED) is 0.352. The number of para-hydroxylation sites is 2. The number of anilines is 1. The molecule has 0 saturated heterocycles. The summed E-state index contributed by atoms with van der Waals surface area (Å²) in [5.74, 6) is 0.771. The molecule has 0 saturated carbocycles. The second-order valence-corrected chi connectivity index (χ2v) is 7.50. The molecule has 30 heavy (non-hydrogen) atoms. The molecule has 2 aromatic heterocycles. The Morgan fingerprint density at radius 3 is 2.27 bits per heavy atom. The van der Waals surface area contributed by atoms with E-state index in [-0.39, 0.29) is 5.76 Å². The van der Waals surface area contributed by atoms with Crippen LogP contribution in [-0.4, -0.2) is 38.1 Å². The number of unbranched alkanes of at least 4 members (excludes halogenated alkanes) is 2. The van der Waals surface area contributed by atoms with Crippen LogP contribution >= 0.6 is 0 Å². The number of rotatable bonds is 11. The smallest absolute Gasteiger partial charge is 0.225 e. The van der Waals surface area contributed by atoms with E-state index in [1.807, 2.05) is 36.7 Å². The van der Waals surface area contributed by atoms with Crippen molar-refractivity contribution in [1.29, 1.82) is 0 Å². The summed E-state index contributed by atoms with van der Waals surface area (Å²) >= 11 is 0. The van der Waals surface area contributed by atoms with Gasteiger partial charge in [0.15, 0.2) is 0 Å². The predicted octanol–water partition coefficient (Wildman–Crippen LogP) is 5.14. The average Bonchev–Trinajstić information content (AvgIpc) is 2.78. The average molecular weight is 406 g/mol. The van der Waals surface area contributed by atoms with E-state index in [1.165, 1.54) is 0 Å². The first-order valence-corrected chi connectivity index (χ1v) is 10.8. The van der Waals surface area contributed by atoms with Gasteiger partial charge in [-0.3, -0.25) is 0 Å². The van der Waals surface area contributed by atoms with Crippen LogP contribution in [0.2, 0.25) is 0 Å². The monoisotopic (exact) mass is 405 g/mol. The van der Waals surface area contributed by atoms with Crippen LogP contribution in [0.25, 0.3) is 16.8 Å². The first-order chi connectivity index (χ1) is 14.6. The fourth-order valence-electron chi connectivity index (χ4n) is 3.39. The van der Waals surface area contributed by atoms with Gasteiger partial charge in [0.2, 0.25) is 5.95 Å². The summed E-state index contributed by atoms with van der Waals surface area (Å²) in [5.41, 5.74) is 4.05. The zero-order valence-corrected chi connectivity index (χ0v) is 18.0. The van der Waals surface area contributed by atoms with Crippen LogP contribution in [0.1, 0.15) is 56.5 Å². The molecule has 0 aliphatic rings. The molecule has 0 spiro atoms. The molecule has 0 fully saturated rings. The Bertz CT molecular complexity index is 971. The first kappa shape index (κ1) is 21.7. The number of hydrogen-bond acceptors (Lipinski definition) is 6. The largest absolute Gasteiger partial charge is 0.506 e. The van der Waals surface area contributed by atoms with Crippen molar-refractivity contribution in [2.24, 2.45) is 0 Å². The Morgan fingerprint density at radius 2 is 1.63 bits per heavy atom. The molecule has 0 radical (unpaired) electrons. The number of fused-ring (bicyclic) bond motifs is 1. The summed E-state index contributed by atoms with van der Waals surface area (Å²) in [4.78, 5) is 20.7. The second kappa shape index (κ2) is 10.7. The third-order valence-corrected chi connectivity index (χ3v) is 5.17. The van der Waals surface area contributed by atoms with Crippen LogP contribution in [0.5, 0.6) is 0 Å². The molecule has 6 heteroatoms. The lowest BCUT2D eigenvalue weighted by Gasteiger charge is -2.22. The normalized spacial score (nSPS) is 11.0. The lowest BCUT2D eigenvalue weighted by atomic mass is 10.1. The van der Waals surface area contributed by atoms with Gasteiger partial charge in [-0.05, 0) is 49.8 Å². The van der Waals surface area contributed by atoms with Crippen molar-refractivity contribution in [2.75, 3.05) is 18.0 Å². The SMILES string of the molecule is C=C(O)c1nc2ccccc2nc1CCCCN(CCCC)c1ncc(CC)cn1. The molecule has 3 rings (SSSR count). The summed E-state index contributed by atoms with van der Waals surface area (Å²) in [5, 5.41) is 9.98. The molecule has 6 nitrogen and oxygen atoms in total. The van der Waals surface area contributed by atoms with Gasteiger partial charge >= 0.3 is 0 Å². The first-order valence-electron chi connectivity index (χ1n) is 10.8. The van der Waals surface area contributed by atoms with Crippen LogP contribution in [0.3, 0.4) is 0 Å². The van der Waals surface area contributed by atoms with E-state index in [0.29, 0.717) is 5.69 Å². The van der Waals surface area contributed by atoms with Gasteiger partial charge in [0.25, 0.3) is 0 Å². The van der Waals surface area contributed by atoms with Crippen molar-refractivity contribution in [3.63, 3.8) is 0 Å². The van der Waals surface area contributed by atoms with Gasteiger partial charge in [-0.15, -0.1) is 0 Å². The summed E-state index contributed by atoms with van der Waals surface area (Å²) in [7, 11) is 0. The van der Waals surface area contributed by atoms with Crippen LogP contribution in [-0.2, 0) is 12.8 Å². The third kappa shape index (κ3) is 5.53. The molecular formula is C24H31N5O. The maximum absolute atomic E-state index is 9.98. The maximum atomic E-state index is 9.98. The standard InChI is InChI=1S/C24H31N5O/c1-4-6-14-29(24-25-16-19(5-2)17-26-24)15-10-9-13-22-23(18(3)30)28-21-12-8-7-11-20(21)27-22/h7-8,11-12,16-17,30H,3-6,9-10,13-15H2,1-2H3. The highest BCUT2D eigenvalue weighted by molar-refractivity contribution is 5.76. The molecule has 0 amide bonds. The molecule has 2 heterocycles. The Kier molecular flexibility index (Phi) is 7.71. The van der Waals surface area contributed by atoms with E-state index in [2.05, 4.69) is 40.3 Å². The van der Waals surface area contributed by atoms with Crippen molar-refractivity contribution in [2.45, 2.75) is 52.4 Å². The summed E-state index contributed by atoms with van der Waals surface area (Å²) in [6.07, 6.45) is 9.69. The molecule has 1 aromatic carbocycles. The fourth-order valence-corrected chi connectivity index (χ4v) is 3.39. The number of aromatic nitrogens is 4. The number of hydrogen-bond donors (Lipinski definition) is 1. The number of benzene rings is 1. The number of aryl methyl sites for hydroxylation is 2. The summed E-state index contributed by atoms with van der Waals surface area (Å²) in [6.45, 7) is 9.82. The molecule has 0 atom stereocenters. The zero-order valence-electron chi connectivity index (χ0n) is 18.0. The Balaban J connectivity index is 1.65. The molecule has 0 aliphatic carbocycles. The van der Waals surface area contributed by atoms with E-state index in [9.17, 15) is 5.11 Å².